The van der Waals surface area contributed by atoms with Crippen LogP contribution in [0.25, 0.3) is 0 Å². The minimum atomic E-state index is -0.0919. The van der Waals surface area contributed by atoms with Crippen molar-refractivity contribution in [2.24, 2.45) is 0 Å². The van der Waals surface area contributed by atoms with Crippen LogP contribution < -0.4 is 0 Å². The third-order valence-corrected chi connectivity index (χ3v) is 7.20. The van der Waals surface area contributed by atoms with Crippen LogP contribution in [0.15, 0.2) is 24.3 Å². The van der Waals surface area contributed by atoms with Crippen molar-refractivity contribution in [3.05, 3.63) is 52.3 Å². The van der Waals surface area contributed by atoms with Gasteiger partial charge in [0.1, 0.15) is 5.75 Å². The molecule has 1 aromatic heterocycles. The van der Waals surface area contributed by atoms with Crippen molar-refractivity contribution in [2.75, 3.05) is 7.05 Å². The summed E-state index contributed by atoms with van der Waals surface area (Å²) in [7, 11) is 2.25. The highest BCUT2D eigenvalue weighted by Gasteiger charge is 2.32. The highest BCUT2D eigenvalue weighted by atomic mass is 16.3. The second kappa shape index (κ2) is 8.65. The van der Waals surface area contributed by atoms with E-state index < -0.39 is 0 Å². The standard InChI is InChI=1S/C28H44N2O/c1-19-14-15-20(2)30(19)25-13-11-10-12-24(25)29(9)18-21-16-22(27(3,4)5)17-23(26(21)31)28(6,7)8/h14-17,24-25,31H,10-13,18H2,1-9H3/t24-,25-/m1/s1. The fraction of sp³-hybridized carbons (Fsp3) is 0.643. The number of hydrogen-bond donors (Lipinski definition) is 1. The van der Waals surface area contributed by atoms with Gasteiger partial charge in [-0.1, -0.05) is 66.5 Å². The Labute approximate surface area is 190 Å². The monoisotopic (exact) mass is 424 g/mol. The number of benzene rings is 1. The molecule has 3 heteroatoms. The lowest BCUT2D eigenvalue weighted by Crippen LogP contribution is -2.41. The van der Waals surface area contributed by atoms with Gasteiger partial charge in [-0.25, -0.2) is 0 Å². The summed E-state index contributed by atoms with van der Waals surface area (Å²) >= 11 is 0. The number of rotatable bonds is 4. The van der Waals surface area contributed by atoms with Gasteiger partial charge in [0.2, 0.25) is 0 Å². The number of aromatic nitrogens is 1. The van der Waals surface area contributed by atoms with Gasteiger partial charge in [-0.2, -0.15) is 0 Å². The Morgan fingerprint density at radius 3 is 2.06 bits per heavy atom. The summed E-state index contributed by atoms with van der Waals surface area (Å²) in [5.74, 6) is 0.480. The van der Waals surface area contributed by atoms with Gasteiger partial charge in [-0.05, 0) is 67.8 Å². The Hall–Kier alpha value is -1.74. The first kappa shape index (κ1) is 23.9. The van der Waals surface area contributed by atoms with E-state index in [4.69, 9.17) is 0 Å². The van der Waals surface area contributed by atoms with Crippen molar-refractivity contribution in [3.63, 3.8) is 0 Å². The minimum Gasteiger partial charge on any atom is -0.507 e. The lowest BCUT2D eigenvalue weighted by Gasteiger charge is -2.40. The van der Waals surface area contributed by atoms with Crippen molar-refractivity contribution < 1.29 is 5.11 Å². The van der Waals surface area contributed by atoms with E-state index in [1.54, 1.807) is 0 Å². The molecule has 3 nitrogen and oxygen atoms in total. The summed E-state index contributed by atoms with van der Waals surface area (Å²) in [4.78, 5) is 2.50. The second-order valence-electron chi connectivity index (χ2n) is 11.9. The van der Waals surface area contributed by atoms with E-state index in [0.29, 0.717) is 17.8 Å². The van der Waals surface area contributed by atoms with E-state index in [0.717, 1.165) is 17.7 Å². The molecule has 0 aliphatic heterocycles. The molecule has 2 atom stereocenters. The summed E-state index contributed by atoms with van der Waals surface area (Å²) in [6.45, 7) is 18.6. The Bertz CT molecular complexity index is 891. The van der Waals surface area contributed by atoms with Crippen molar-refractivity contribution in [1.29, 1.82) is 0 Å². The van der Waals surface area contributed by atoms with Crippen LogP contribution in [0.1, 0.15) is 101 Å². The first-order chi connectivity index (χ1) is 14.3. The normalized spacial score (nSPS) is 20.5. The minimum absolute atomic E-state index is 0.0494. The van der Waals surface area contributed by atoms with E-state index in [-0.39, 0.29) is 10.8 Å². The number of nitrogens with zero attached hydrogens (tertiary/aromatic N) is 2. The van der Waals surface area contributed by atoms with Gasteiger partial charge < -0.3 is 9.67 Å². The van der Waals surface area contributed by atoms with Crippen molar-refractivity contribution in [3.8, 4) is 5.75 Å². The molecule has 2 aromatic rings. The molecule has 1 aliphatic carbocycles. The van der Waals surface area contributed by atoms with Crippen molar-refractivity contribution in [1.82, 2.24) is 9.47 Å². The quantitative estimate of drug-likeness (QED) is 0.571. The summed E-state index contributed by atoms with van der Waals surface area (Å²) in [5.41, 5.74) is 6.09. The predicted molar refractivity (Wildman–Crippen MR) is 132 cm³/mol. The van der Waals surface area contributed by atoms with Gasteiger partial charge in [-0.3, -0.25) is 4.90 Å². The first-order valence-electron chi connectivity index (χ1n) is 12.0. The highest BCUT2D eigenvalue weighted by molar-refractivity contribution is 5.48. The molecule has 172 valence electrons. The van der Waals surface area contributed by atoms with Gasteiger partial charge >= 0.3 is 0 Å². The third kappa shape index (κ3) is 5.03. The van der Waals surface area contributed by atoms with Crippen LogP contribution in [0.3, 0.4) is 0 Å². The molecule has 0 spiro atoms. The van der Waals surface area contributed by atoms with Crippen LogP contribution in [0.5, 0.6) is 5.75 Å². The van der Waals surface area contributed by atoms with Crippen LogP contribution in [0, 0.1) is 13.8 Å². The second-order valence-corrected chi connectivity index (χ2v) is 11.9. The first-order valence-corrected chi connectivity index (χ1v) is 12.0. The number of phenols is 1. The number of aryl methyl sites for hydroxylation is 2. The SMILES string of the molecule is Cc1ccc(C)n1[C@@H]1CCCC[C@H]1N(C)Cc1cc(C(C)(C)C)cc(C(C)(C)C)c1O. The molecule has 0 unspecified atom stereocenters. The van der Waals surface area contributed by atoms with Crippen LogP contribution >= 0.6 is 0 Å². The van der Waals surface area contributed by atoms with Gasteiger partial charge in [0.25, 0.3) is 0 Å². The average Bonchev–Trinajstić information content (AvgIpc) is 2.99. The lowest BCUT2D eigenvalue weighted by molar-refractivity contribution is 0.124. The van der Waals surface area contributed by atoms with Crippen molar-refractivity contribution >= 4 is 0 Å². The summed E-state index contributed by atoms with van der Waals surface area (Å²) in [5, 5.41) is 11.3. The summed E-state index contributed by atoms with van der Waals surface area (Å²) < 4.78 is 2.55. The zero-order chi connectivity index (χ0) is 23.1. The van der Waals surface area contributed by atoms with Crippen molar-refractivity contribution in [2.45, 2.75) is 111 Å². The Kier molecular flexibility index (Phi) is 6.68. The Balaban J connectivity index is 1.97. The third-order valence-electron chi connectivity index (χ3n) is 7.20. The van der Waals surface area contributed by atoms with E-state index >= 15 is 0 Å². The topological polar surface area (TPSA) is 28.4 Å². The lowest BCUT2D eigenvalue weighted by atomic mass is 9.78. The molecule has 3 rings (SSSR count). The van der Waals surface area contributed by atoms with E-state index in [2.05, 4.69) is 96.2 Å². The molecule has 1 fully saturated rings. The van der Waals surface area contributed by atoms with Crippen LogP contribution in [-0.2, 0) is 17.4 Å². The molecule has 1 aromatic carbocycles. The number of phenolic OH excluding ortho intramolecular Hbond substituents is 1. The van der Waals surface area contributed by atoms with E-state index in [9.17, 15) is 5.11 Å². The van der Waals surface area contributed by atoms with Gasteiger partial charge in [0, 0.05) is 35.6 Å². The zero-order valence-electron chi connectivity index (χ0n) is 21.3. The summed E-state index contributed by atoms with van der Waals surface area (Å²) in [6, 6.07) is 9.93. The van der Waals surface area contributed by atoms with Crippen LogP contribution in [0.4, 0.5) is 0 Å². The fourth-order valence-corrected chi connectivity index (χ4v) is 5.32. The highest BCUT2D eigenvalue weighted by Crippen LogP contribution is 2.40. The molecule has 1 N–H and O–H groups in total. The number of aromatic hydroxyl groups is 1. The molecule has 1 saturated carbocycles. The molecule has 0 saturated heterocycles. The molecular weight excluding hydrogens is 380 g/mol. The van der Waals surface area contributed by atoms with Gasteiger partial charge in [-0.15, -0.1) is 0 Å². The zero-order valence-corrected chi connectivity index (χ0v) is 21.3. The van der Waals surface area contributed by atoms with Gasteiger partial charge in [0.05, 0.1) is 0 Å². The number of likely N-dealkylation sites (N-methyl/N-ethyl adjacent to an activating group) is 1. The predicted octanol–water partition coefficient (Wildman–Crippen LogP) is 7.02. The van der Waals surface area contributed by atoms with E-state index in [1.165, 1.54) is 42.6 Å². The molecule has 1 heterocycles. The van der Waals surface area contributed by atoms with E-state index in [1.807, 2.05) is 0 Å². The maximum atomic E-state index is 11.3. The smallest absolute Gasteiger partial charge is 0.123 e. The average molecular weight is 425 g/mol. The molecule has 0 bridgehead atoms. The Morgan fingerprint density at radius 2 is 1.52 bits per heavy atom. The molecule has 1 aliphatic rings. The number of hydrogen-bond acceptors (Lipinski definition) is 2. The molecule has 0 radical (unpaired) electrons. The van der Waals surface area contributed by atoms with Gasteiger partial charge in [0.15, 0.2) is 0 Å². The van der Waals surface area contributed by atoms with Crippen LogP contribution in [0.2, 0.25) is 0 Å². The van der Waals surface area contributed by atoms with Crippen LogP contribution in [-0.4, -0.2) is 27.7 Å². The maximum Gasteiger partial charge on any atom is 0.123 e. The largest absolute Gasteiger partial charge is 0.507 e. The Morgan fingerprint density at radius 1 is 0.935 bits per heavy atom. The molecular formula is C28H44N2O. The molecule has 31 heavy (non-hydrogen) atoms. The fourth-order valence-electron chi connectivity index (χ4n) is 5.32. The summed E-state index contributed by atoms with van der Waals surface area (Å²) in [6.07, 6.45) is 5.02. The maximum absolute atomic E-state index is 11.3. The molecule has 0 amide bonds.